The molecule has 0 spiro atoms. The van der Waals surface area contributed by atoms with Crippen LogP contribution in [0.1, 0.15) is 38.7 Å². The summed E-state index contributed by atoms with van der Waals surface area (Å²) in [4.78, 5) is 2.60. The molecule has 1 aromatic carbocycles. The molecule has 2 heteroatoms. The number of hydrogen-bond donors (Lipinski definition) is 1. The molecule has 1 saturated carbocycles. The van der Waals surface area contributed by atoms with Crippen LogP contribution in [0.4, 0.5) is 0 Å². The summed E-state index contributed by atoms with van der Waals surface area (Å²) in [6.45, 7) is 6.88. The van der Waals surface area contributed by atoms with Gasteiger partial charge in [-0.3, -0.25) is 4.90 Å². The standard InChI is InChI=1S/C16H24N2/c1-15(2)12-16(15,17)14-9-6-10-18(14)11-13-7-4-3-5-8-13/h3-5,7-8,14H,6,9-12,17H2,1-2H3. The highest BCUT2D eigenvalue weighted by Crippen LogP contribution is 2.58. The molecular formula is C16H24N2. The van der Waals surface area contributed by atoms with Gasteiger partial charge >= 0.3 is 0 Å². The zero-order valence-electron chi connectivity index (χ0n) is 11.5. The van der Waals surface area contributed by atoms with Gasteiger partial charge in [-0.2, -0.15) is 0 Å². The molecule has 2 aliphatic rings. The summed E-state index contributed by atoms with van der Waals surface area (Å²) in [5.41, 5.74) is 8.42. The van der Waals surface area contributed by atoms with E-state index in [0.717, 1.165) is 6.54 Å². The van der Waals surface area contributed by atoms with E-state index in [1.807, 2.05) is 0 Å². The average Bonchev–Trinajstić information content (AvgIpc) is 2.71. The van der Waals surface area contributed by atoms with Crippen LogP contribution in [0.25, 0.3) is 0 Å². The molecule has 2 unspecified atom stereocenters. The van der Waals surface area contributed by atoms with Gasteiger partial charge in [-0.1, -0.05) is 44.2 Å². The molecule has 0 radical (unpaired) electrons. The van der Waals surface area contributed by atoms with Crippen LogP contribution in [-0.4, -0.2) is 23.0 Å². The molecule has 0 amide bonds. The van der Waals surface area contributed by atoms with E-state index in [1.54, 1.807) is 0 Å². The molecule has 1 saturated heterocycles. The highest BCUT2D eigenvalue weighted by molar-refractivity contribution is 5.23. The molecule has 2 fully saturated rings. The molecule has 1 aromatic rings. The smallest absolute Gasteiger partial charge is 0.0370 e. The number of benzene rings is 1. The second kappa shape index (κ2) is 4.07. The Morgan fingerprint density at radius 3 is 2.56 bits per heavy atom. The summed E-state index contributed by atoms with van der Waals surface area (Å²) < 4.78 is 0. The van der Waals surface area contributed by atoms with E-state index >= 15 is 0 Å². The molecule has 1 aliphatic heterocycles. The topological polar surface area (TPSA) is 29.3 Å². The Morgan fingerprint density at radius 2 is 1.94 bits per heavy atom. The summed E-state index contributed by atoms with van der Waals surface area (Å²) in [6.07, 6.45) is 3.75. The molecule has 3 rings (SSSR count). The van der Waals surface area contributed by atoms with Gasteiger partial charge in [0, 0.05) is 18.1 Å². The van der Waals surface area contributed by atoms with Gasteiger partial charge < -0.3 is 5.73 Å². The van der Waals surface area contributed by atoms with Crippen molar-refractivity contribution in [3.8, 4) is 0 Å². The van der Waals surface area contributed by atoms with E-state index in [-0.39, 0.29) is 5.54 Å². The Balaban J connectivity index is 1.73. The fourth-order valence-corrected chi connectivity index (χ4v) is 3.67. The normalized spacial score (nSPS) is 34.7. The van der Waals surface area contributed by atoms with Crippen LogP contribution in [-0.2, 0) is 6.54 Å². The number of rotatable bonds is 3. The van der Waals surface area contributed by atoms with Gasteiger partial charge in [0.25, 0.3) is 0 Å². The van der Waals surface area contributed by atoms with Crippen molar-refractivity contribution < 1.29 is 0 Å². The second-order valence-electron chi connectivity index (χ2n) is 6.72. The van der Waals surface area contributed by atoms with Crippen LogP contribution >= 0.6 is 0 Å². The quantitative estimate of drug-likeness (QED) is 0.886. The third kappa shape index (κ3) is 1.88. The van der Waals surface area contributed by atoms with Gasteiger partial charge in [0.15, 0.2) is 0 Å². The molecule has 98 valence electrons. The summed E-state index contributed by atoms with van der Waals surface area (Å²) in [5, 5.41) is 0. The predicted molar refractivity (Wildman–Crippen MR) is 75.2 cm³/mol. The zero-order valence-corrected chi connectivity index (χ0v) is 11.5. The lowest BCUT2D eigenvalue weighted by molar-refractivity contribution is 0.188. The predicted octanol–water partition coefficient (Wildman–Crippen LogP) is 2.78. The van der Waals surface area contributed by atoms with E-state index in [4.69, 9.17) is 5.73 Å². The van der Waals surface area contributed by atoms with Crippen LogP contribution < -0.4 is 5.73 Å². The van der Waals surface area contributed by atoms with Crippen LogP contribution in [0.15, 0.2) is 30.3 Å². The Kier molecular flexibility index (Phi) is 2.76. The summed E-state index contributed by atoms with van der Waals surface area (Å²) in [5.74, 6) is 0. The van der Waals surface area contributed by atoms with Crippen LogP contribution in [0.5, 0.6) is 0 Å². The van der Waals surface area contributed by atoms with Crippen molar-refractivity contribution in [2.45, 2.75) is 51.2 Å². The lowest BCUT2D eigenvalue weighted by Gasteiger charge is -2.32. The van der Waals surface area contributed by atoms with Gasteiger partial charge in [0.2, 0.25) is 0 Å². The van der Waals surface area contributed by atoms with Gasteiger partial charge in [0.1, 0.15) is 0 Å². The first-order valence-corrected chi connectivity index (χ1v) is 7.10. The Morgan fingerprint density at radius 1 is 1.28 bits per heavy atom. The number of nitrogens with zero attached hydrogens (tertiary/aromatic N) is 1. The van der Waals surface area contributed by atoms with Crippen molar-refractivity contribution in [1.29, 1.82) is 0 Å². The van der Waals surface area contributed by atoms with Gasteiger partial charge in [-0.15, -0.1) is 0 Å². The van der Waals surface area contributed by atoms with Crippen molar-refractivity contribution in [3.63, 3.8) is 0 Å². The average molecular weight is 244 g/mol. The third-order valence-electron chi connectivity index (χ3n) is 5.06. The lowest BCUT2D eigenvalue weighted by Crippen LogP contribution is -2.48. The largest absolute Gasteiger partial charge is 0.323 e. The Hall–Kier alpha value is -0.860. The monoisotopic (exact) mass is 244 g/mol. The number of nitrogens with two attached hydrogens (primary N) is 1. The Bertz CT molecular complexity index is 426. The first-order chi connectivity index (χ1) is 8.53. The highest BCUT2D eigenvalue weighted by Gasteiger charge is 2.64. The minimum absolute atomic E-state index is 0.0538. The van der Waals surface area contributed by atoms with E-state index in [1.165, 1.54) is 31.4 Å². The zero-order chi connectivity index (χ0) is 12.8. The van der Waals surface area contributed by atoms with Gasteiger partial charge in [-0.05, 0) is 36.8 Å². The van der Waals surface area contributed by atoms with Crippen molar-refractivity contribution in [3.05, 3.63) is 35.9 Å². The van der Waals surface area contributed by atoms with Crippen molar-refractivity contribution in [2.75, 3.05) is 6.54 Å². The van der Waals surface area contributed by atoms with E-state index < -0.39 is 0 Å². The minimum atomic E-state index is 0.0538. The summed E-state index contributed by atoms with van der Waals surface area (Å²) >= 11 is 0. The lowest BCUT2D eigenvalue weighted by atomic mass is 9.95. The first kappa shape index (κ1) is 12.2. The van der Waals surface area contributed by atoms with Gasteiger partial charge in [-0.25, -0.2) is 0 Å². The van der Waals surface area contributed by atoms with E-state index in [0.29, 0.717) is 11.5 Å². The fourth-order valence-electron chi connectivity index (χ4n) is 3.67. The minimum Gasteiger partial charge on any atom is -0.323 e. The maximum Gasteiger partial charge on any atom is 0.0370 e. The van der Waals surface area contributed by atoms with Gasteiger partial charge in [0.05, 0.1) is 0 Å². The summed E-state index contributed by atoms with van der Waals surface area (Å²) in [6, 6.07) is 11.3. The van der Waals surface area contributed by atoms with Crippen molar-refractivity contribution >= 4 is 0 Å². The molecule has 0 aromatic heterocycles. The fraction of sp³-hybridized carbons (Fsp3) is 0.625. The van der Waals surface area contributed by atoms with Crippen LogP contribution in [0.3, 0.4) is 0 Å². The van der Waals surface area contributed by atoms with E-state index in [9.17, 15) is 0 Å². The highest BCUT2D eigenvalue weighted by atomic mass is 15.2. The van der Waals surface area contributed by atoms with Crippen molar-refractivity contribution in [2.24, 2.45) is 11.1 Å². The number of hydrogen-bond acceptors (Lipinski definition) is 2. The SMILES string of the molecule is CC1(C)CC1(N)C1CCCN1Cc1ccccc1. The summed E-state index contributed by atoms with van der Waals surface area (Å²) in [7, 11) is 0. The molecule has 1 heterocycles. The molecule has 0 bridgehead atoms. The molecule has 2 nitrogen and oxygen atoms in total. The number of likely N-dealkylation sites (tertiary alicyclic amines) is 1. The van der Waals surface area contributed by atoms with E-state index in [2.05, 4.69) is 49.1 Å². The van der Waals surface area contributed by atoms with Crippen molar-refractivity contribution in [1.82, 2.24) is 4.90 Å². The maximum atomic E-state index is 6.63. The molecular weight excluding hydrogens is 220 g/mol. The molecule has 2 N–H and O–H groups in total. The first-order valence-electron chi connectivity index (χ1n) is 7.10. The van der Waals surface area contributed by atoms with Crippen LogP contribution in [0.2, 0.25) is 0 Å². The maximum absolute atomic E-state index is 6.63. The molecule has 1 aliphatic carbocycles. The third-order valence-corrected chi connectivity index (χ3v) is 5.06. The van der Waals surface area contributed by atoms with Crippen LogP contribution in [0, 0.1) is 5.41 Å². The molecule has 18 heavy (non-hydrogen) atoms. The Labute approximate surface area is 110 Å². The second-order valence-corrected chi connectivity index (χ2v) is 6.72. The molecule has 2 atom stereocenters.